The van der Waals surface area contributed by atoms with Crippen LogP contribution in [0.1, 0.15) is 5.56 Å². The van der Waals surface area contributed by atoms with Crippen LogP contribution in [0.3, 0.4) is 0 Å². The fraction of sp³-hybridized carbons (Fsp3) is 0.318. The molecule has 2 aromatic carbocycles. The number of amides is 1. The summed E-state index contributed by atoms with van der Waals surface area (Å²) in [6.45, 7) is 3.10. The molecule has 0 aliphatic carbocycles. The van der Waals surface area contributed by atoms with E-state index in [9.17, 15) is 13.2 Å². The second-order valence-corrected chi connectivity index (χ2v) is 11.0. The van der Waals surface area contributed by atoms with Crippen molar-refractivity contribution in [3.63, 3.8) is 0 Å². The van der Waals surface area contributed by atoms with Gasteiger partial charge in [-0.1, -0.05) is 29.4 Å². The number of sulfonamides is 1. The Morgan fingerprint density at radius 3 is 2.56 bits per heavy atom. The summed E-state index contributed by atoms with van der Waals surface area (Å²) in [4.78, 5) is 12.8. The summed E-state index contributed by atoms with van der Waals surface area (Å²) in [5.74, 6) is 0.474. The van der Waals surface area contributed by atoms with Gasteiger partial charge in [0.05, 0.1) is 23.9 Å². The van der Waals surface area contributed by atoms with Crippen LogP contribution in [0.15, 0.2) is 52.5 Å². The molecule has 34 heavy (non-hydrogen) atoms. The van der Waals surface area contributed by atoms with E-state index in [0.29, 0.717) is 53.6 Å². The van der Waals surface area contributed by atoms with Crippen molar-refractivity contribution in [2.75, 3.05) is 37.4 Å². The second-order valence-electron chi connectivity index (χ2n) is 7.71. The average Bonchev–Trinajstić information content (AvgIpc) is 3.20. The first-order valence-electron chi connectivity index (χ1n) is 10.5. The molecule has 4 rings (SSSR count). The first-order chi connectivity index (χ1) is 16.3. The smallest absolute Gasteiger partial charge is 0.243 e. The second kappa shape index (κ2) is 10.4. The number of aromatic nitrogens is 3. The monoisotopic (exact) mass is 521 g/mol. The van der Waals surface area contributed by atoms with Gasteiger partial charge < -0.3 is 14.6 Å². The zero-order chi connectivity index (χ0) is 24.3. The van der Waals surface area contributed by atoms with E-state index < -0.39 is 10.0 Å². The van der Waals surface area contributed by atoms with E-state index in [1.165, 1.54) is 22.1 Å². The van der Waals surface area contributed by atoms with Gasteiger partial charge in [-0.3, -0.25) is 4.79 Å². The van der Waals surface area contributed by atoms with Crippen LogP contribution in [0, 0.1) is 6.92 Å². The Kier molecular flexibility index (Phi) is 7.58. The number of ether oxygens (including phenoxy) is 1. The lowest BCUT2D eigenvalue weighted by molar-refractivity contribution is -0.113. The molecule has 180 valence electrons. The fourth-order valence-corrected chi connectivity index (χ4v) is 6.00. The highest BCUT2D eigenvalue weighted by Gasteiger charge is 2.28. The number of thioether (sulfide) groups is 1. The van der Waals surface area contributed by atoms with Gasteiger partial charge in [-0.25, -0.2) is 8.42 Å². The number of aryl methyl sites for hydroxylation is 1. The lowest BCUT2D eigenvalue weighted by Crippen LogP contribution is -2.40. The third kappa shape index (κ3) is 5.44. The molecule has 1 N–H and O–H groups in total. The molecular weight excluding hydrogens is 498 g/mol. The molecule has 0 unspecified atom stereocenters. The van der Waals surface area contributed by atoms with Crippen LogP contribution < -0.4 is 5.32 Å². The SMILES string of the molecule is Cc1ccc(NC(=O)CSc2nnc(-c3ccc(Cl)cc3)n2C)cc1S(=O)(=O)N1CCOCC1. The van der Waals surface area contributed by atoms with Crippen LogP contribution in [-0.4, -0.2) is 65.5 Å². The normalized spacial score (nSPS) is 14.8. The molecule has 12 heteroatoms. The molecule has 1 aromatic heterocycles. The Morgan fingerprint density at radius 1 is 1.15 bits per heavy atom. The van der Waals surface area contributed by atoms with E-state index in [1.807, 2.05) is 19.2 Å². The van der Waals surface area contributed by atoms with Crippen LogP contribution in [0.4, 0.5) is 5.69 Å². The molecule has 1 amide bonds. The Hall–Kier alpha value is -2.44. The Bertz CT molecular complexity index is 1290. The van der Waals surface area contributed by atoms with Gasteiger partial charge in [-0.15, -0.1) is 10.2 Å². The van der Waals surface area contributed by atoms with Crippen molar-refractivity contribution in [2.45, 2.75) is 17.0 Å². The van der Waals surface area contributed by atoms with Gasteiger partial charge in [0.2, 0.25) is 15.9 Å². The molecular formula is C22H24ClN5O4S2. The number of hydrogen-bond donors (Lipinski definition) is 1. The number of anilines is 1. The number of carbonyl (C=O) groups is 1. The Morgan fingerprint density at radius 2 is 1.85 bits per heavy atom. The summed E-state index contributed by atoms with van der Waals surface area (Å²) in [5.41, 5.74) is 1.90. The Labute approximate surface area is 207 Å². The highest BCUT2D eigenvalue weighted by molar-refractivity contribution is 7.99. The zero-order valence-corrected chi connectivity index (χ0v) is 21.1. The first kappa shape index (κ1) is 24.7. The van der Waals surface area contributed by atoms with Crippen LogP contribution in [-0.2, 0) is 26.6 Å². The van der Waals surface area contributed by atoms with E-state index in [0.717, 1.165) is 5.56 Å². The van der Waals surface area contributed by atoms with Gasteiger partial charge in [0.15, 0.2) is 11.0 Å². The van der Waals surface area contributed by atoms with E-state index >= 15 is 0 Å². The predicted octanol–water partition coefficient (Wildman–Crippen LogP) is 3.20. The molecule has 2 heterocycles. The summed E-state index contributed by atoms with van der Waals surface area (Å²) in [7, 11) is -1.84. The topological polar surface area (TPSA) is 106 Å². The zero-order valence-electron chi connectivity index (χ0n) is 18.7. The van der Waals surface area contributed by atoms with Crippen molar-refractivity contribution in [1.82, 2.24) is 19.1 Å². The number of halogens is 1. The molecule has 0 spiro atoms. The summed E-state index contributed by atoms with van der Waals surface area (Å²) in [6.07, 6.45) is 0. The average molecular weight is 522 g/mol. The van der Waals surface area contributed by atoms with E-state index in [1.54, 1.807) is 35.8 Å². The molecule has 3 aromatic rings. The van der Waals surface area contributed by atoms with Crippen molar-refractivity contribution in [3.8, 4) is 11.4 Å². The van der Waals surface area contributed by atoms with Gasteiger partial charge in [-0.05, 0) is 48.9 Å². The quantitative estimate of drug-likeness (QED) is 0.476. The number of nitrogens with one attached hydrogen (secondary N) is 1. The van der Waals surface area contributed by atoms with E-state index in [-0.39, 0.29) is 16.6 Å². The van der Waals surface area contributed by atoms with Gasteiger partial charge in [0.1, 0.15) is 0 Å². The molecule has 0 atom stereocenters. The van der Waals surface area contributed by atoms with Crippen LogP contribution in [0.2, 0.25) is 5.02 Å². The van der Waals surface area contributed by atoms with Gasteiger partial charge in [0, 0.05) is 36.4 Å². The summed E-state index contributed by atoms with van der Waals surface area (Å²) in [5, 5.41) is 12.4. The van der Waals surface area contributed by atoms with Crippen LogP contribution in [0.25, 0.3) is 11.4 Å². The van der Waals surface area contributed by atoms with Crippen molar-refractivity contribution in [1.29, 1.82) is 0 Å². The van der Waals surface area contributed by atoms with E-state index in [4.69, 9.17) is 16.3 Å². The number of hydrogen-bond acceptors (Lipinski definition) is 7. The standard InChI is InChI=1S/C22H24ClN5O4S2/c1-15-3-8-18(13-19(15)34(30,31)28-9-11-32-12-10-28)24-20(29)14-33-22-26-25-21(27(22)2)16-4-6-17(23)7-5-16/h3-8,13H,9-12,14H2,1-2H3,(H,24,29). The largest absolute Gasteiger partial charge is 0.379 e. The number of benzene rings is 2. The van der Waals surface area contributed by atoms with Gasteiger partial charge in [0.25, 0.3) is 0 Å². The molecule has 0 bridgehead atoms. The molecule has 1 aliphatic heterocycles. The van der Waals surface area contributed by atoms with Crippen molar-refractivity contribution in [2.24, 2.45) is 7.05 Å². The maximum absolute atomic E-state index is 13.1. The lowest BCUT2D eigenvalue weighted by atomic mass is 10.2. The van der Waals surface area contributed by atoms with Crippen LogP contribution >= 0.6 is 23.4 Å². The van der Waals surface area contributed by atoms with Gasteiger partial charge >= 0.3 is 0 Å². The number of carbonyl (C=O) groups excluding carboxylic acids is 1. The third-order valence-electron chi connectivity index (χ3n) is 5.33. The lowest BCUT2D eigenvalue weighted by Gasteiger charge is -2.26. The maximum Gasteiger partial charge on any atom is 0.243 e. The summed E-state index contributed by atoms with van der Waals surface area (Å²) >= 11 is 7.19. The third-order valence-corrected chi connectivity index (χ3v) is 8.64. The van der Waals surface area contributed by atoms with Crippen molar-refractivity contribution >= 4 is 45.0 Å². The number of morpholine rings is 1. The van der Waals surface area contributed by atoms with Crippen LogP contribution in [0.5, 0.6) is 0 Å². The molecule has 0 radical (unpaired) electrons. The summed E-state index contributed by atoms with van der Waals surface area (Å²) < 4.78 is 34.6. The van der Waals surface area contributed by atoms with Crippen molar-refractivity contribution in [3.05, 3.63) is 53.1 Å². The predicted molar refractivity (Wildman–Crippen MR) is 132 cm³/mol. The van der Waals surface area contributed by atoms with Gasteiger partial charge in [-0.2, -0.15) is 4.31 Å². The first-order valence-corrected chi connectivity index (χ1v) is 13.3. The molecule has 1 saturated heterocycles. The minimum Gasteiger partial charge on any atom is -0.379 e. The number of nitrogens with zero attached hydrogens (tertiary/aromatic N) is 4. The molecule has 9 nitrogen and oxygen atoms in total. The Balaban J connectivity index is 1.42. The van der Waals surface area contributed by atoms with E-state index in [2.05, 4.69) is 15.5 Å². The highest BCUT2D eigenvalue weighted by Crippen LogP contribution is 2.26. The molecule has 1 fully saturated rings. The molecule has 0 saturated carbocycles. The fourth-order valence-electron chi connectivity index (χ4n) is 3.50. The molecule has 1 aliphatic rings. The van der Waals surface area contributed by atoms with Crippen molar-refractivity contribution < 1.29 is 17.9 Å². The highest BCUT2D eigenvalue weighted by atomic mass is 35.5. The maximum atomic E-state index is 13.1. The minimum atomic E-state index is -3.67. The summed E-state index contributed by atoms with van der Waals surface area (Å²) in [6, 6.07) is 12.2. The number of rotatable bonds is 7. The minimum absolute atomic E-state index is 0.0893.